The predicted octanol–water partition coefficient (Wildman–Crippen LogP) is 15.9. The van der Waals surface area contributed by atoms with Crippen LogP contribution in [0.1, 0.15) is 226 Å². The number of carbonyl (C=O) groups excluding carboxylic acids is 2. The summed E-state index contributed by atoms with van der Waals surface area (Å²) in [6, 6.07) is -0.624. The molecule has 0 aromatic rings. The minimum absolute atomic E-state index is 0.0461. The monoisotopic (exact) mass is 925 g/mol. The number of hydrogen-bond donors (Lipinski definition) is 1. The van der Waals surface area contributed by atoms with Crippen LogP contribution in [0, 0.1) is 0 Å². The summed E-state index contributed by atoms with van der Waals surface area (Å²) >= 11 is 0. The molecule has 0 amide bonds. The Morgan fingerprint density at radius 2 is 0.848 bits per heavy atom. The van der Waals surface area contributed by atoms with E-state index in [0.29, 0.717) is 12.8 Å². The van der Waals surface area contributed by atoms with Crippen molar-refractivity contribution in [3.05, 3.63) is 72.9 Å². The highest BCUT2D eigenvalue weighted by Crippen LogP contribution is 2.16. The predicted molar refractivity (Wildman–Crippen MR) is 280 cm³/mol. The van der Waals surface area contributed by atoms with Crippen LogP contribution in [-0.2, 0) is 28.6 Å². The van der Waals surface area contributed by atoms with E-state index in [0.717, 1.165) is 83.5 Å². The lowest BCUT2D eigenvalue weighted by Gasteiger charge is -2.31. The van der Waals surface area contributed by atoms with Gasteiger partial charge in [0, 0.05) is 19.3 Å². The number of carboxylic acid groups (broad SMARTS) is 1. The topological polar surface area (TPSA) is 99.1 Å². The SMILES string of the molecule is CC/C=C/C/C=C/C/C=C/C/C=C/C/C=C/C/C=C/CCCCCC(=O)OC(COCCC(C(=O)O)[N+](C)(C)C)COC(=O)CCCCCCCCCCCCCCCCCCCCCC. The van der Waals surface area contributed by atoms with E-state index in [9.17, 15) is 19.5 Å². The Morgan fingerprint density at radius 1 is 0.470 bits per heavy atom. The number of hydrogen-bond acceptors (Lipinski definition) is 6. The standard InChI is InChI=1S/C58H101NO7/c1-6-8-10-12-14-16-18-20-22-24-26-28-29-31-33-35-37-39-41-43-45-47-49-57(61)66-54(52-64-51-50-55(58(62)63)59(3,4)5)53-65-56(60)48-46-44-42-40-38-36-34-32-30-27-25-23-21-19-17-15-13-11-9-7-2/h8,10,14,16,20,22,26,28,31,33,37,39,54-55H,6-7,9,11-13,15,17-19,21,23-25,27,29-30,32,34-36,38,40-53H2,1-5H3/p+1/b10-8+,16-14+,22-20+,28-26+,33-31+,39-37+. The summed E-state index contributed by atoms with van der Waals surface area (Å²) in [5.74, 6) is -1.50. The Labute approximate surface area is 406 Å². The van der Waals surface area contributed by atoms with E-state index in [2.05, 4.69) is 86.8 Å². The highest BCUT2D eigenvalue weighted by atomic mass is 16.6. The number of likely N-dealkylation sites (N-methyl/N-ethyl adjacent to an activating group) is 1. The molecule has 0 saturated carbocycles. The first kappa shape index (κ1) is 62.8. The number of rotatable bonds is 48. The molecule has 0 radical (unpaired) electrons. The maximum Gasteiger partial charge on any atom is 0.362 e. The van der Waals surface area contributed by atoms with Gasteiger partial charge in [0.1, 0.15) is 6.61 Å². The molecule has 0 spiro atoms. The lowest BCUT2D eigenvalue weighted by Crippen LogP contribution is -2.50. The first-order chi connectivity index (χ1) is 32.1. The molecule has 1 N–H and O–H groups in total. The van der Waals surface area contributed by atoms with Crippen LogP contribution in [0.5, 0.6) is 0 Å². The van der Waals surface area contributed by atoms with E-state index in [1.165, 1.54) is 109 Å². The highest BCUT2D eigenvalue weighted by molar-refractivity contribution is 5.72. The van der Waals surface area contributed by atoms with Crippen LogP contribution < -0.4 is 0 Å². The van der Waals surface area contributed by atoms with Gasteiger partial charge in [-0.15, -0.1) is 0 Å². The normalized spacial score (nSPS) is 13.4. The number of aliphatic carboxylic acids is 1. The third kappa shape index (κ3) is 45.9. The van der Waals surface area contributed by atoms with Crippen molar-refractivity contribution >= 4 is 17.9 Å². The van der Waals surface area contributed by atoms with Crippen molar-refractivity contribution in [3.63, 3.8) is 0 Å². The molecular formula is C58H102NO7+. The minimum Gasteiger partial charge on any atom is -0.477 e. The summed E-state index contributed by atoms with van der Waals surface area (Å²) in [5, 5.41) is 9.66. The number of carboxylic acids is 1. The second-order valence-corrected chi connectivity index (χ2v) is 19.1. The molecular weight excluding hydrogens is 823 g/mol. The summed E-state index contributed by atoms with van der Waals surface area (Å²) in [6.07, 6.45) is 62.4. The third-order valence-electron chi connectivity index (χ3n) is 11.9. The van der Waals surface area contributed by atoms with Gasteiger partial charge in [0.25, 0.3) is 0 Å². The Bertz CT molecular complexity index is 1310. The van der Waals surface area contributed by atoms with Crippen molar-refractivity contribution in [2.45, 2.75) is 238 Å². The third-order valence-corrected chi connectivity index (χ3v) is 11.9. The van der Waals surface area contributed by atoms with Crippen molar-refractivity contribution < 1.29 is 38.2 Å². The summed E-state index contributed by atoms with van der Waals surface area (Å²) in [5.41, 5.74) is 0. The first-order valence-electron chi connectivity index (χ1n) is 27.0. The van der Waals surface area contributed by atoms with Gasteiger partial charge in [0.2, 0.25) is 0 Å². The van der Waals surface area contributed by atoms with Crippen LogP contribution in [0.15, 0.2) is 72.9 Å². The van der Waals surface area contributed by atoms with E-state index < -0.39 is 18.1 Å². The maximum absolute atomic E-state index is 12.8. The Kier molecular flexibility index (Phi) is 45.9. The second-order valence-electron chi connectivity index (χ2n) is 19.1. The molecule has 0 aromatic heterocycles. The zero-order valence-electron chi connectivity index (χ0n) is 43.4. The molecule has 0 fully saturated rings. The molecule has 380 valence electrons. The van der Waals surface area contributed by atoms with Crippen LogP contribution in [0.4, 0.5) is 0 Å². The van der Waals surface area contributed by atoms with Gasteiger partial charge in [0.15, 0.2) is 12.1 Å². The lowest BCUT2D eigenvalue weighted by atomic mass is 10.0. The average Bonchev–Trinajstić information content (AvgIpc) is 3.28. The average molecular weight is 925 g/mol. The zero-order valence-corrected chi connectivity index (χ0v) is 43.4. The van der Waals surface area contributed by atoms with Crippen LogP contribution in [0.2, 0.25) is 0 Å². The molecule has 0 rings (SSSR count). The van der Waals surface area contributed by atoms with Gasteiger partial charge in [-0.3, -0.25) is 9.59 Å². The number of nitrogens with zero attached hydrogens (tertiary/aromatic N) is 1. The van der Waals surface area contributed by atoms with Crippen molar-refractivity contribution in [2.75, 3.05) is 41.0 Å². The van der Waals surface area contributed by atoms with E-state index in [-0.39, 0.29) is 42.7 Å². The highest BCUT2D eigenvalue weighted by Gasteiger charge is 2.31. The molecule has 0 aliphatic heterocycles. The van der Waals surface area contributed by atoms with Gasteiger partial charge in [0.05, 0.1) is 34.4 Å². The van der Waals surface area contributed by atoms with Gasteiger partial charge in [-0.25, -0.2) is 4.79 Å². The minimum atomic E-state index is -0.881. The van der Waals surface area contributed by atoms with E-state index in [4.69, 9.17) is 14.2 Å². The van der Waals surface area contributed by atoms with Crippen LogP contribution in [-0.4, -0.2) is 80.6 Å². The molecule has 0 aliphatic rings. The van der Waals surface area contributed by atoms with Gasteiger partial charge in [-0.1, -0.05) is 215 Å². The van der Waals surface area contributed by atoms with Gasteiger partial charge in [-0.05, 0) is 64.2 Å². The molecule has 0 heterocycles. The number of esters is 2. The van der Waals surface area contributed by atoms with E-state index in [1.807, 2.05) is 21.1 Å². The van der Waals surface area contributed by atoms with Crippen molar-refractivity contribution in [1.82, 2.24) is 0 Å². The fraction of sp³-hybridized carbons (Fsp3) is 0.741. The number of quaternary nitrogens is 1. The fourth-order valence-corrected chi connectivity index (χ4v) is 7.74. The molecule has 0 saturated heterocycles. The smallest absolute Gasteiger partial charge is 0.362 e. The van der Waals surface area contributed by atoms with Gasteiger partial charge in [-0.2, -0.15) is 0 Å². The summed E-state index contributed by atoms with van der Waals surface area (Å²) in [7, 11) is 5.52. The van der Waals surface area contributed by atoms with Crippen molar-refractivity contribution in [2.24, 2.45) is 0 Å². The van der Waals surface area contributed by atoms with Crippen molar-refractivity contribution in [3.8, 4) is 0 Å². The van der Waals surface area contributed by atoms with Crippen LogP contribution in [0.3, 0.4) is 0 Å². The lowest BCUT2D eigenvalue weighted by molar-refractivity contribution is -0.887. The largest absolute Gasteiger partial charge is 0.477 e. The molecule has 2 atom stereocenters. The van der Waals surface area contributed by atoms with Crippen LogP contribution >= 0.6 is 0 Å². The Morgan fingerprint density at radius 3 is 1.26 bits per heavy atom. The molecule has 0 bridgehead atoms. The molecule has 8 nitrogen and oxygen atoms in total. The van der Waals surface area contributed by atoms with Crippen molar-refractivity contribution in [1.29, 1.82) is 0 Å². The molecule has 2 unspecified atom stereocenters. The number of carbonyl (C=O) groups is 3. The fourth-order valence-electron chi connectivity index (χ4n) is 7.74. The van der Waals surface area contributed by atoms with Gasteiger partial charge >= 0.3 is 17.9 Å². The Hall–Kier alpha value is -3.23. The molecule has 8 heteroatoms. The number of allylic oxidation sites excluding steroid dienone is 12. The zero-order chi connectivity index (χ0) is 48.4. The maximum atomic E-state index is 12.8. The summed E-state index contributed by atoms with van der Waals surface area (Å²) in [4.78, 5) is 37.2. The van der Waals surface area contributed by atoms with Gasteiger partial charge < -0.3 is 23.8 Å². The van der Waals surface area contributed by atoms with Crippen LogP contribution in [0.25, 0.3) is 0 Å². The molecule has 66 heavy (non-hydrogen) atoms. The summed E-state index contributed by atoms with van der Waals surface area (Å²) < 4.78 is 17.3. The molecule has 0 aromatic carbocycles. The second kappa shape index (κ2) is 48.2. The number of unbranched alkanes of at least 4 members (excludes halogenated alkanes) is 22. The van der Waals surface area contributed by atoms with E-state index in [1.54, 1.807) is 0 Å². The Balaban J connectivity index is 4.29. The van der Waals surface area contributed by atoms with E-state index >= 15 is 0 Å². The summed E-state index contributed by atoms with van der Waals surface area (Å²) in [6.45, 7) is 4.61. The quantitative estimate of drug-likeness (QED) is 0.0281. The molecule has 0 aliphatic carbocycles. The first-order valence-corrected chi connectivity index (χ1v) is 27.0. The number of ether oxygens (including phenoxy) is 3.